The monoisotopic (exact) mass is 362 g/mol. The van der Waals surface area contributed by atoms with Gasteiger partial charge in [0.05, 0.1) is 19.4 Å². The first-order valence-corrected chi connectivity index (χ1v) is 8.87. The predicted octanol–water partition coefficient (Wildman–Crippen LogP) is 0.00970. The van der Waals surface area contributed by atoms with Crippen molar-refractivity contribution in [1.82, 2.24) is 15.1 Å². The number of ether oxygens (including phenoxy) is 2. The van der Waals surface area contributed by atoms with Crippen molar-refractivity contribution in [1.29, 1.82) is 0 Å². The summed E-state index contributed by atoms with van der Waals surface area (Å²) in [7, 11) is 3.58. The Morgan fingerprint density at radius 3 is 2.69 bits per heavy atom. The number of morpholine rings is 1. The Morgan fingerprint density at radius 2 is 2.04 bits per heavy atom. The molecule has 0 radical (unpaired) electrons. The molecule has 2 amide bonds. The number of amides is 2. The molecule has 2 saturated heterocycles. The second-order valence-electron chi connectivity index (χ2n) is 6.56. The highest BCUT2D eigenvalue weighted by Gasteiger charge is 2.24. The lowest BCUT2D eigenvalue weighted by Gasteiger charge is -2.32. The summed E-state index contributed by atoms with van der Waals surface area (Å²) in [6.07, 6.45) is -0.551. The molecule has 0 spiro atoms. The van der Waals surface area contributed by atoms with E-state index in [-0.39, 0.29) is 11.8 Å². The number of anilines is 1. The SMILES string of the molecule is COc1ccc(C(=O)N2CCN(C)CC2)cc1NC(=O)C1CNCCO1. The fourth-order valence-electron chi connectivity index (χ4n) is 3.08. The smallest absolute Gasteiger partial charge is 0.254 e. The van der Waals surface area contributed by atoms with Gasteiger partial charge in [0.2, 0.25) is 0 Å². The minimum absolute atomic E-state index is 0.0353. The van der Waals surface area contributed by atoms with E-state index in [9.17, 15) is 9.59 Å². The van der Waals surface area contributed by atoms with Gasteiger partial charge in [-0.25, -0.2) is 0 Å². The fraction of sp³-hybridized carbons (Fsp3) is 0.556. The second kappa shape index (κ2) is 8.48. The molecule has 1 aromatic carbocycles. The molecule has 8 nitrogen and oxygen atoms in total. The molecule has 2 heterocycles. The van der Waals surface area contributed by atoms with Crippen LogP contribution in [0.3, 0.4) is 0 Å². The fourth-order valence-corrected chi connectivity index (χ4v) is 3.08. The van der Waals surface area contributed by atoms with Crippen LogP contribution in [0.25, 0.3) is 0 Å². The van der Waals surface area contributed by atoms with Crippen LogP contribution >= 0.6 is 0 Å². The Hall–Kier alpha value is -2.16. The molecule has 8 heteroatoms. The number of hydrogen-bond donors (Lipinski definition) is 2. The Bertz CT molecular complexity index is 653. The molecule has 1 unspecified atom stereocenters. The number of nitrogens with one attached hydrogen (secondary N) is 2. The second-order valence-corrected chi connectivity index (χ2v) is 6.56. The van der Waals surface area contributed by atoms with Crippen molar-refractivity contribution < 1.29 is 19.1 Å². The first-order valence-electron chi connectivity index (χ1n) is 8.87. The molecule has 0 bridgehead atoms. The van der Waals surface area contributed by atoms with E-state index in [1.165, 1.54) is 7.11 Å². The Labute approximate surface area is 153 Å². The number of rotatable bonds is 4. The van der Waals surface area contributed by atoms with Crippen LogP contribution in [0.15, 0.2) is 18.2 Å². The van der Waals surface area contributed by atoms with Crippen LogP contribution in [0, 0.1) is 0 Å². The highest BCUT2D eigenvalue weighted by Crippen LogP contribution is 2.26. The lowest BCUT2D eigenvalue weighted by molar-refractivity contribution is -0.128. The Morgan fingerprint density at radius 1 is 1.27 bits per heavy atom. The van der Waals surface area contributed by atoms with E-state index in [1.54, 1.807) is 18.2 Å². The summed E-state index contributed by atoms with van der Waals surface area (Å²) in [6, 6.07) is 5.11. The molecule has 1 aromatic rings. The molecule has 0 aliphatic carbocycles. The first-order chi connectivity index (χ1) is 12.6. The molecule has 1 atom stereocenters. The Balaban J connectivity index is 1.73. The van der Waals surface area contributed by atoms with E-state index in [0.29, 0.717) is 43.2 Å². The van der Waals surface area contributed by atoms with Gasteiger partial charge in [-0.2, -0.15) is 0 Å². The van der Waals surface area contributed by atoms with E-state index in [1.807, 2.05) is 11.9 Å². The van der Waals surface area contributed by atoms with E-state index in [4.69, 9.17) is 9.47 Å². The summed E-state index contributed by atoms with van der Waals surface area (Å²) < 4.78 is 10.8. The maximum Gasteiger partial charge on any atom is 0.254 e. The van der Waals surface area contributed by atoms with Crippen molar-refractivity contribution in [2.24, 2.45) is 0 Å². The van der Waals surface area contributed by atoms with E-state index >= 15 is 0 Å². The van der Waals surface area contributed by atoms with Gasteiger partial charge in [0, 0.05) is 44.8 Å². The van der Waals surface area contributed by atoms with E-state index < -0.39 is 6.10 Å². The average molecular weight is 362 g/mol. The molecule has 142 valence electrons. The highest BCUT2D eigenvalue weighted by atomic mass is 16.5. The van der Waals surface area contributed by atoms with Crippen LogP contribution < -0.4 is 15.4 Å². The normalized spacial score (nSPS) is 21.3. The van der Waals surface area contributed by atoms with Gasteiger partial charge in [0.15, 0.2) is 0 Å². The molecule has 2 aliphatic rings. The highest BCUT2D eigenvalue weighted by molar-refractivity contribution is 5.99. The lowest BCUT2D eigenvalue weighted by Crippen LogP contribution is -2.47. The van der Waals surface area contributed by atoms with Crippen molar-refractivity contribution in [3.8, 4) is 5.75 Å². The number of benzene rings is 1. The minimum Gasteiger partial charge on any atom is -0.495 e. The van der Waals surface area contributed by atoms with Crippen LogP contribution in [0.5, 0.6) is 5.75 Å². The number of hydrogen-bond acceptors (Lipinski definition) is 6. The number of methoxy groups -OCH3 is 1. The van der Waals surface area contributed by atoms with Crippen LogP contribution in [0.1, 0.15) is 10.4 Å². The van der Waals surface area contributed by atoms with Gasteiger partial charge < -0.3 is 29.9 Å². The van der Waals surface area contributed by atoms with Crippen molar-refractivity contribution in [3.05, 3.63) is 23.8 Å². The predicted molar refractivity (Wildman–Crippen MR) is 97.6 cm³/mol. The maximum atomic E-state index is 12.8. The quantitative estimate of drug-likeness (QED) is 0.785. The van der Waals surface area contributed by atoms with Gasteiger partial charge in [0.25, 0.3) is 11.8 Å². The zero-order valence-corrected chi connectivity index (χ0v) is 15.3. The number of piperazine rings is 1. The third-order valence-corrected chi connectivity index (χ3v) is 4.71. The third-order valence-electron chi connectivity index (χ3n) is 4.71. The topological polar surface area (TPSA) is 83.1 Å². The lowest BCUT2D eigenvalue weighted by atomic mass is 10.1. The van der Waals surface area contributed by atoms with Gasteiger partial charge in [-0.1, -0.05) is 0 Å². The van der Waals surface area contributed by atoms with E-state index in [2.05, 4.69) is 15.5 Å². The summed E-state index contributed by atoms with van der Waals surface area (Å²) in [5.74, 6) is 0.226. The summed E-state index contributed by atoms with van der Waals surface area (Å²) >= 11 is 0. The van der Waals surface area contributed by atoms with Gasteiger partial charge in [-0.05, 0) is 25.2 Å². The van der Waals surface area contributed by atoms with Crippen molar-refractivity contribution in [2.45, 2.75) is 6.10 Å². The number of carbonyl (C=O) groups is 2. The largest absolute Gasteiger partial charge is 0.495 e. The van der Waals surface area contributed by atoms with Crippen LogP contribution in [-0.4, -0.2) is 87.8 Å². The molecular weight excluding hydrogens is 336 g/mol. The Kier molecular flexibility index (Phi) is 6.08. The summed E-state index contributed by atoms with van der Waals surface area (Å²) in [5, 5.41) is 5.95. The van der Waals surface area contributed by atoms with Gasteiger partial charge in [-0.15, -0.1) is 0 Å². The zero-order chi connectivity index (χ0) is 18.5. The third kappa shape index (κ3) is 4.32. The van der Waals surface area contributed by atoms with Crippen LogP contribution in [0.2, 0.25) is 0 Å². The molecule has 0 saturated carbocycles. The van der Waals surface area contributed by atoms with Gasteiger partial charge in [0.1, 0.15) is 11.9 Å². The first kappa shape index (κ1) is 18.6. The molecular formula is C18H26N4O4. The van der Waals surface area contributed by atoms with E-state index in [0.717, 1.165) is 19.6 Å². The van der Waals surface area contributed by atoms with Crippen LogP contribution in [-0.2, 0) is 9.53 Å². The number of likely N-dealkylation sites (N-methyl/N-ethyl adjacent to an activating group) is 1. The standard InChI is InChI=1S/C18H26N4O4/c1-21-6-8-22(9-7-21)18(24)13-3-4-15(25-2)14(11-13)20-17(23)16-12-19-5-10-26-16/h3-4,11,16,19H,5-10,12H2,1-2H3,(H,20,23). The minimum atomic E-state index is -0.551. The van der Waals surface area contributed by atoms with Crippen molar-refractivity contribution in [2.75, 3.05) is 65.3 Å². The van der Waals surface area contributed by atoms with Crippen molar-refractivity contribution in [3.63, 3.8) is 0 Å². The molecule has 26 heavy (non-hydrogen) atoms. The molecule has 3 rings (SSSR count). The molecule has 2 aliphatic heterocycles. The zero-order valence-electron chi connectivity index (χ0n) is 15.3. The number of nitrogens with zero attached hydrogens (tertiary/aromatic N) is 2. The van der Waals surface area contributed by atoms with Gasteiger partial charge >= 0.3 is 0 Å². The van der Waals surface area contributed by atoms with Gasteiger partial charge in [-0.3, -0.25) is 9.59 Å². The van der Waals surface area contributed by atoms with Crippen LogP contribution in [0.4, 0.5) is 5.69 Å². The summed E-state index contributed by atoms with van der Waals surface area (Å²) in [6.45, 7) is 4.82. The number of carbonyl (C=O) groups excluding carboxylic acids is 2. The maximum absolute atomic E-state index is 12.8. The molecule has 2 fully saturated rings. The molecule has 0 aromatic heterocycles. The average Bonchev–Trinajstić information content (AvgIpc) is 2.68. The van der Waals surface area contributed by atoms with Crippen molar-refractivity contribution >= 4 is 17.5 Å². The summed E-state index contributed by atoms with van der Waals surface area (Å²) in [4.78, 5) is 29.2. The molecule has 2 N–H and O–H groups in total. The summed E-state index contributed by atoms with van der Waals surface area (Å²) in [5.41, 5.74) is 1.01.